The van der Waals surface area contributed by atoms with Gasteiger partial charge in [0.15, 0.2) is 0 Å². The summed E-state index contributed by atoms with van der Waals surface area (Å²) < 4.78 is 5.33. The van der Waals surface area contributed by atoms with E-state index in [0.29, 0.717) is 23.4 Å². The van der Waals surface area contributed by atoms with Crippen LogP contribution in [0, 0.1) is 0 Å². The minimum atomic E-state index is -0.296. The predicted molar refractivity (Wildman–Crippen MR) is 103 cm³/mol. The lowest BCUT2D eigenvalue weighted by atomic mass is 10.1. The number of aromatic nitrogens is 1. The molecule has 0 unspecified atom stereocenters. The van der Waals surface area contributed by atoms with Gasteiger partial charge >= 0.3 is 0 Å². The summed E-state index contributed by atoms with van der Waals surface area (Å²) in [6.45, 7) is 4.95. The molecule has 2 heterocycles. The van der Waals surface area contributed by atoms with E-state index in [4.69, 9.17) is 4.74 Å². The molecule has 1 aliphatic rings. The van der Waals surface area contributed by atoms with Crippen molar-refractivity contribution in [2.24, 2.45) is 0 Å². The molecule has 2 N–H and O–H groups in total. The first-order chi connectivity index (χ1) is 13.2. The van der Waals surface area contributed by atoms with Crippen molar-refractivity contribution in [1.82, 2.24) is 15.2 Å². The summed E-state index contributed by atoms with van der Waals surface area (Å²) in [6, 6.07) is 10.4. The van der Waals surface area contributed by atoms with Crippen molar-refractivity contribution in [1.29, 1.82) is 0 Å². The summed E-state index contributed by atoms with van der Waals surface area (Å²) in [5.74, 6) is -0.491. The molecular formula is C20H24N4O3. The Hall–Kier alpha value is -2.77. The highest BCUT2D eigenvalue weighted by molar-refractivity contribution is 6.08. The summed E-state index contributed by atoms with van der Waals surface area (Å²) in [5, 5.41) is 5.72. The lowest BCUT2D eigenvalue weighted by molar-refractivity contribution is 0.0374. The number of nitrogens with zero attached hydrogens (tertiary/aromatic N) is 2. The number of para-hydroxylation sites is 1. The number of anilines is 1. The number of nitrogens with one attached hydrogen (secondary N) is 2. The molecule has 0 radical (unpaired) electrons. The normalized spacial score (nSPS) is 14.5. The van der Waals surface area contributed by atoms with Crippen LogP contribution in [-0.4, -0.2) is 61.1 Å². The molecule has 0 bridgehead atoms. The van der Waals surface area contributed by atoms with Crippen molar-refractivity contribution in [3.63, 3.8) is 0 Å². The van der Waals surface area contributed by atoms with Crippen LogP contribution >= 0.6 is 0 Å². The first-order valence-electron chi connectivity index (χ1n) is 9.13. The first kappa shape index (κ1) is 19.0. The largest absolute Gasteiger partial charge is 0.379 e. The molecule has 0 saturated carbocycles. The number of carbonyl (C=O) groups is 2. The number of benzene rings is 1. The van der Waals surface area contributed by atoms with Gasteiger partial charge in [-0.2, -0.15) is 0 Å². The molecule has 3 rings (SSSR count). The Kier molecular flexibility index (Phi) is 6.90. The van der Waals surface area contributed by atoms with E-state index in [2.05, 4.69) is 20.5 Å². The second-order valence-corrected chi connectivity index (χ2v) is 6.30. The van der Waals surface area contributed by atoms with E-state index in [1.807, 2.05) is 0 Å². The maximum Gasteiger partial charge on any atom is 0.257 e. The fourth-order valence-corrected chi connectivity index (χ4v) is 2.91. The number of morpholine rings is 1. The maximum atomic E-state index is 12.5. The number of ether oxygens (including phenoxy) is 1. The highest BCUT2D eigenvalue weighted by Gasteiger charge is 2.14. The molecular weight excluding hydrogens is 344 g/mol. The summed E-state index contributed by atoms with van der Waals surface area (Å²) >= 11 is 0. The van der Waals surface area contributed by atoms with E-state index in [1.165, 1.54) is 6.20 Å². The third-order valence-corrected chi connectivity index (χ3v) is 4.38. The van der Waals surface area contributed by atoms with Crippen LogP contribution in [0.1, 0.15) is 27.1 Å². The number of hydrogen-bond acceptors (Lipinski definition) is 5. The fourth-order valence-electron chi connectivity index (χ4n) is 2.91. The van der Waals surface area contributed by atoms with Gasteiger partial charge in [0.25, 0.3) is 11.8 Å². The number of carbonyl (C=O) groups excluding carboxylic acids is 2. The zero-order valence-electron chi connectivity index (χ0n) is 15.2. The van der Waals surface area contributed by atoms with Gasteiger partial charge in [-0.05, 0) is 37.2 Å². The molecule has 7 nitrogen and oxygen atoms in total. The van der Waals surface area contributed by atoms with Crippen molar-refractivity contribution in [2.75, 3.05) is 44.7 Å². The van der Waals surface area contributed by atoms with Gasteiger partial charge in [0.2, 0.25) is 0 Å². The Morgan fingerprint density at radius 2 is 1.89 bits per heavy atom. The van der Waals surface area contributed by atoms with Crippen LogP contribution in [0.15, 0.2) is 48.8 Å². The van der Waals surface area contributed by atoms with Crippen LogP contribution in [0.25, 0.3) is 0 Å². The molecule has 1 aromatic heterocycles. The molecule has 2 amide bonds. The van der Waals surface area contributed by atoms with Crippen molar-refractivity contribution < 1.29 is 14.3 Å². The van der Waals surface area contributed by atoms with Gasteiger partial charge in [-0.15, -0.1) is 0 Å². The number of pyridine rings is 1. The van der Waals surface area contributed by atoms with E-state index < -0.39 is 0 Å². The highest BCUT2D eigenvalue weighted by atomic mass is 16.5. The molecule has 1 aliphatic heterocycles. The Balaban J connectivity index is 1.53. The van der Waals surface area contributed by atoms with Crippen molar-refractivity contribution in [2.45, 2.75) is 6.42 Å². The van der Waals surface area contributed by atoms with E-state index >= 15 is 0 Å². The first-order valence-corrected chi connectivity index (χ1v) is 9.13. The molecule has 0 spiro atoms. The second-order valence-electron chi connectivity index (χ2n) is 6.30. The van der Waals surface area contributed by atoms with Crippen LogP contribution in [0.2, 0.25) is 0 Å². The van der Waals surface area contributed by atoms with E-state index in [-0.39, 0.29) is 11.8 Å². The van der Waals surface area contributed by atoms with Crippen molar-refractivity contribution in [3.05, 3.63) is 59.9 Å². The van der Waals surface area contributed by atoms with Gasteiger partial charge in [-0.3, -0.25) is 19.5 Å². The zero-order chi connectivity index (χ0) is 18.9. The molecule has 2 aromatic rings. The average molecular weight is 368 g/mol. The third-order valence-electron chi connectivity index (χ3n) is 4.38. The Labute approximate surface area is 158 Å². The predicted octanol–water partition coefficient (Wildman–Crippen LogP) is 1.79. The average Bonchev–Trinajstić information content (AvgIpc) is 2.73. The lowest BCUT2D eigenvalue weighted by Gasteiger charge is -2.26. The smallest absolute Gasteiger partial charge is 0.257 e. The van der Waals surface area contributed by atoms with Crippen LogP contribution in [-0.2, 0) is 4.74 Å². The van der Waals surface area contributed by atoms with Crippen LogP contribution < -0.4 is 10.6 Å². The molecule has 142 valence electrons. The van der Waals surface area contributed by atoms with Gasteiger partial charge in [-0.25, -0.2) is 0 Å². The van der Waals surface area contributed by atoms with E-state index in [1.54, 1.807) is 42.6 Å². The van der Waals surface area contributed by atoms with Gasteiger partial charge in [0.05, 0.1) is 30.0 Å². The molecule has 27 heavy (non-hydrogen) atoms. The molecule has 1 fully saturated rings. The SMILES string of the molecule is O=C(Nc1ccccc1C(=O)NCCCN1CCOCC1)c1cccnc1. The fraction of sp³-hybridized carbons (Fsp3) is 0.350. The Bertz CT molecular complexity index is 761. The molecule has 0 aliphatic carbocycles. The molecule has 1 aromatic carbocycles. The van der Waals surface area contributed by atoms with Gasteiger partial charge in [0.1, 0.15) is 0 Å². The van der Waals surface area contributed by atoms with Crippen LogP contribution in [0.4, 0.5) is 5.69 Å². The van der Waals surface area contributed by atoms with E-state index in [9.17, 15) is 9.59 Å². The van der Waals surface area contributed by atoms with Crippen molar-refractivity contribution >= 4 is 17.5 Å². The van der Waals surface area contributed by atoms with Crippen LogP contribution in [0.5, 0.6) is 0 Å². The Morgan fingerprint density at radius 3 is 2.67 bits per heavy atom. The topological polar surface area (TPSA) is 83.6 Å². The molecule has 1 saturated heterocycles. The number of amides is 2. The van der Waals surface area contributed by atoms with Gasteiger partial charge < -0.3 is 15.4 Å². The second kappa shape index (κ2) is 9.80. The van der Waals surface area contributed by atoms with Crippen LogP contribution in [0.3, 0.4) is 0 Å². The van der Waals surface area contributed by atoms with E-state index in [0.717, 1.165) is 39.3 Å². The lowest BCUT2D eigenvalue weighted by Crippen LogP contribution is -2.38. The number of hydrogen-bond donors (Lipinski definition) is 2. The molecule has 0 atom stereocenters. The van der Waals surface area contributed by atoms with Gasteiger partial charge in [-0.1, -0.05) is 12.1 Å². The minimum absolute atomic E-state index is 0.195. The minimum Gasteiger partial charge on any atom is -0.379 e. The highest BCUT2D eigenvalue weighted by Crippen LogP contribution is 2.16. The summed E-state index contributed by atoms with van der Waals surface area (Å²) in [7, 11) is 0. The Morgan fingerprint density at radius 1 is 1.07 bits per heavy atom. The summed E-state index contributed by atoms with van der Waals surface area (Å²) in [4.78, 5) is 31.1. The quantitative estimate of drug-likeness (QED) is 0.728. The molecule has 7 heteroatoms. The third kappa shape index (κ3) is 5.60. The standard InChI is InChI=1S/C20H24N4O3/c25-19(16-5-3-8-21-15-16)23-18-7-2-1-6-17(18)20(26)22-9-4-10-24-11-13-27-14-12-24/h1-3,5-8,15H,4,9-14H2,(H,22,26)(H,23,25). The van der Waals surface area contributed by atoms with Gasteiger partial charge in [0, 0.05) is 32.0 Å². The zero-order valence-corrected chi connectivity index (χ0v) is 15.2. The van der Waals surface area contributed by atoms with Crippen molar-refractivity contribution in [3.8, 4) is 0 Å². The summed E-state index contributed by atoms with van der Waals surface area (Å²) in [6.07, 6.45) is 3.97. The maximum absolute atomic E-state index is 12.5. The number of rotatable bonds is 7. The summed E-state index contributed by atoms with van der Waals surface area (Å²) in [5.41, 5.74) is 1.37. The monoisotopic (exact) mass is 368 g/mol.